The number of carbonyl (C=O) groups is 1. The maximum atomic E-state index is 12.4. The molecule has 5 nitrogen and oxygen atoms in total. The third-order valence-corrected chi connectivity index (χ3v) is 5.51. The fourth-order valence-electron chi connectivity index (χ4n) is 1.95. The molecule has 1 aliphatic heterocycles. The monoisotopic (exact) mass is 332 g/mol. The van der Waals surface area contributed by atoms with Gasteiger partial charge in [0.1, 0.15) is 0 Å². The topological polar surface area (TPSA) is 57.7 Å². The van der Waals surface area contributed by atoms with Gasteiger partial charge in [-0.15, -0.1) is 0 Å². The summed E-state index contributed by atoms with van der Waals surface area (Å²) in [6.07, 6.45) is 0. The van der Waals surface area contributed by atoms with Crippen molar-refractivity contribution in [3.8, 4) is 0 Å². The molecule has 0 fully saturated rings. The Labute approximate surface area is 115 Å². The van der Waals surface area contributed by atoms with E-state index in [0.29, 0.717) is 11.3 Å². The van der Waals surface area contributed by atoms with Crippen LogP contribution in [0.5, 0.6) is 0 Å². The molecule has 98 valence electrons. The van der Waals surface area contributed by atoms with Gasteiger partial charge in [-0.1, -0.05) is 28.1 Å². The standard InChI is InChI=1S/C11H13BrN2O3S/c1-8(2)14-11(15)9-5-3-4-6-10(9)13(7-12)18(14,16)17/h3-6,8H,7H2,1-2H3. The van der Waals surface area contributed by atoms with Gasteiger partial charge in [0.15, 0.2) is 0 Å². The number of carbonyl (C=O) groups excluding carboxylic acids is 1. The lowest BCUT2D eigenvalue weighted by atomic mass is 10.1. The third kappa shape index (κ3) is 1.81. The molecule has 0 radical (unpaired) electrons. The second kappa shape index (κ2) is 4.55. The lowest BCUT2D eigenvalue weighted by Crippen LogP contribution is -2.53. The lowest BCUT2D eigenvalue weighted by molar-refractivity contribution is 0.0831. The zero-order valence-corrected chi connectivity index (χ0v) is 12.4. The van der Waals surface area contributed by atoms with Crippen molar-refractivity contribution in [1.29, 1.82) is 0 Å². The number of rotatable bonds is 2. The molecule has 0 saturated carbocycles. The first-order valence-electron chi connectivity index (χ1n) is 5.42. The minimum atomic E-state index is -3.81. The molecule has 1 aromatic rings. The molecular weight excluding hydrogens is 320 g/mol. The SMILES string of the molecule is CC(C)N1C(=O)c2ccccc2N(CBr)S1(=O)=O. The van der Waals surface area contributed by atoms with Gasteiger partial charge < -0.3 is 0 Å². The van der Waals surface area contributed by atoms with Crippen molar-refractivity contribution in [2.75, 3.05) is 9.76 Å². The zero-order chi connectivity index (χ0) is 13.5. The van der Waals surface area contributed by atoms with Gasteiger partial charge in [-0.05, 0) is 26.0 Å². The van der Waals surface area contributed by atoms with Crippen molar-refractivity contribution in [2.24, 2.45) is 0 Å². The normalized spacial score (nSPS) is 18.1. The van der Waals surface area contributed by atoms with Gasteiger partial charge in [-0.2, -0.15) is 8.42 Å². The van der Waals surface area contributed by atoms with E-state index in [1.54, 1.807) is 38.1 Å². The van der Waals surface area contributed by atoms with Crippen LogP contribution < -0.4 is 4.31 Å². The van der Waals surface area contributed by atoms with Crippen LogP contribution in [0.1, 0.15) is 24.2 Å². The van der Waals surface area contributed by atoms with Crippen molar-refractivity contribution in [3.63, 3.8) is 0 Å². The molecule has 1 aliphatic rings. The molecule has 0 spiro atoms. The van der Waals surface area contributed by atoms with E-state index in [1.807, 2.05) is 0 Å². The zero-order valence-electron chi connectivity index (χ0n) is 10.00. The second-order valence-corrected chi connectivity index (χ2v) is 6.42. The number of nitrogens with zero attached hydrogens (tertiary/aromatic N) is 2. The molecule has 1 heterocycles. The van der Waals surface area contributed by atoms with Gasteiger partial charge in [0.25, 0.3) is 5.91 Å². The van der Waals surface area contributed by atoms with Crippen LogP contribution in [0, 0.1) is 0 Å². The highest BCUT2D eigenvalue weighted by atomic mass is 79.9. The molecule has 0 aliphatic carbocycles. The van der Waals surface area contributed by atoms with Gasteiger partial charge >= 0.3 is 10.2 Å². The maximum Gasteiger partial charge on any atom is 0.329 e. The lowest BCUT2D eigenvalue weighted by Gasteiger charge is -2.37. The van der Waals surface area contributed by atoms with Crippen LogP contribution in [0.4, 0.5) is 5.69 Å². The van der Waals surface area contributed by atoms with Gasteiger partial charge in [0.2, 0.25) is 0 Å². The summed E-state index contributed by atoms with van der Waals surface area (Å²) in [7, 11) is -3.81. The van der Waals surface area contributed by atoms with Crippen molar-refractivity contribution >= 4 is 37.7 Å². The molecule has 0 unspecified atom stereocenters. The molecule has 0 N–H and O–H groups in total. The summed E-state index contributed by atoms with van der Waals surface area (Å²) in [5.41, 5.74) is 0.930. The van der Waals surface area contributed by atoms with E-state index in [4.69, 9.17) is 0 Å². The summed E-state index contributed by atoms with van der Waals surface area (Å²) in [6, 6.07) is 6.28. The highest BCUT2D eigenvalue weighted by Crippen LogP contribution is 2.33. The summed E-state index contributed by atoms with van der Waals surface area (Å²) in [5, 5.41) is 0. The number of para-hydroxylation sites is 1. The molecule has 0 aromatic heterocycles. The number of halogens is 1. The minimum Gasteiger partial charge on any atom is -0.268 e. The number of anilines is 1. The largest absolute Gasteiger partial charge is 0.329 e. The molecule has 2 rings (SSSR count). The fraction of sp³-hybridized carbons (Fsp3) is 0.364. The summed E-state index contributed by atoms with van der Waals surface area (Å²) in [4.78, 5) is 12.2. The van der Waals surface area contributed by atoms with Gasteiger partial charge in [-0.25, -0.2) is 8.61 Å². The number of hydrogen-bond donors (Lipinski definition) is 0. The van der Waals surface area contributed by atoms with Crippen molar-refractivity contribution < 1.29 is 13.2 Å². The van der Waals surface area contributed by atoms with E-state index in [9.17, 15) is 13.2 Å². The van der Waals surface area contributed by atoms with Crippen LogP contribution in [-0.2, 0) is 10.2 Å². The molecule has 1 amide bonds. The van der Waals surface area contributed by atoms with E-state index >= 15 is 0 Å². The molecule has 0 saturated heterocycles. The Kier molecular flexibility index (Phi) is 3.37. The van der Waals surface area contributed by atoms with Crippen LogP contribution >= 0.6 is 15.9 Å². The average molecular weight is 333 g/mol. The van der Waals surface area contributed by atoms with Gasteiger partial charge in [0, 0.05) is 6.04 Å². The Morgan fingerprint density at radius 3 is 2.44 bits per heavy atom. The summed E-state index contributed by atoms with van der Waals surface area (Å²) in [5.74, 6) is -0.474. The van der Waals surface area contributed by atoms with E-state index in [1.165, 1.54) is 4.31 Å². The molecule has 18 heavy (non-hydrogen) atoms. The number of fused-ring (bicyclic) bond motifs is 1. The van der Waals surface area contributed by atoms with Crippen molar-refractivity contribution in [2.45, 2.75) is 19.9 Å². The first kappa shape index (κ1) is 13.4. The van der Waals surface area contributed by atoms with E-state index in [0.717, 1.165) is 4.31 Å². The molecule has 0 atom stereocenters. The summed E-state index contributed by atoms with van der Waals surface area (Å²) in [6.45, 7) is 3.35. The predicted octanol–water partition coefficient (Wildman–Crippen LogP) is 1.95. The van der Waals surface area contributed by atoms with Crippen LogP contribution in [-0.4, -0.2) is 30.1 Å². The van der Waals surface area contributed by atoms with Gasteiger partial charge in [0.05, 0.1) is 16.7 Å². The van der Waals surface area contributed by atoms with E-state index in [2.05, 4.69) is 15.9 Å². The number of alkyl halides is 1. The smallest absolute Gasteiger partial charge is 0.268 e. The van der Waals surface area contributed by atoms with E-state index in [-0.39, 0.29) is 5.45 Å². The molecule has 1 aromatic carbocycles. The molecule has 7 heteroatoms. The number of hydrogen-bond acceptors (Lipinski definition) is 3. The van der Waals surface area contributed by atoms with Crippen LogP contribution in [0.15, 0.2) is 24.3 Å². The number of benzene rings is 1. The second-order valence-electron chi connectivity index (χ2n) is 4.19. The third-order valence-electron chi connectivity index (χ3n) is 2.71. The Morgan fingerprint density at radius 1 is 1.28 bits per heavy atom. The average Bonchev–Trinajstić information content (AvgIpc) is 2.28. The summed E-state index contributed by atoms with van der Waals surface area (Å²) >= 11 is 3.16. The van der Waals surface area contributed by atoms with Gasteiger partial charge in [-0.3, -0.25) is 4.79 Å². The Bertz CT molecular complexity index is 586. The molecule has 0 bridgehead atoms. The maximum absolute atomic E-state index is 12.4. The summed E-state index contributed by atoms with van der Waals surface area (Å²) < 4.78 is 26.8. The predicted molar refractivity (Wildman–Crippen MR) is 72.9 cm³/mol. The fourth-order valence-corrected chi connectivity index (χ4v) is 4.58. The van der Waals surface area contributed by atoms with Crippen LogP contribution in [0.3, 0.4) is 0 Å². The number of amides is 1. The Morgan fingerprint density at radius 2 is 1.89 bits per heavy atom. The van der Waals surface area contributed by atoms with Crippen molar-refractivity contribution in [3.05, 3.63) is 29.8 Å². The minimum absolute atomic E-state index is 0.114. The highest BCUT2D eigenvalue weighted by molar-refractivity contribution is 9.09. The first-order valence-corrected chi connectivity index (χ1v) is 7.94. The highest BCUT2D eigenvalue weighted by Gasteiger charge is 2.42. The Hall–Kier alpha value is -1.08. The Balaban J connectivity index is 2.71. The van der Waals surface area contributed by atoms with Crippen molar-refractivity contribution in [1.82, 2.24) is 4.31 Å². The first-order chi connectivity index (χ1) is 8.41. The van der Waals surface area contributed by atoms with Crippen LogP contribution in [0.2, 0.25) is 0 Å². The van der Waals surface area contributed by atoms with Crippen LogP contribution in [0.25, 0.3) is 0 Å². The van der Waals surface area contributed by atoms with E-state index < -0.39 is 22.2 Å². The quantitative estimate of drug-likeness (QED) is 0.614. The molecular formula is C11H13BrN2O3S.